The van der Waals surface area contributed by atoms with Gasteiger partial charge in [0.1, 0.15) is 0 Å². The molecule has 2 aliphatic heterocycles. The Hall–Kier alpha value is -3.45. The maximum Gasteiger partial charge on any atom is 0.330 e. The van der Waals surface area contributed by atoms with Gasteiger partial charge in [-0.2, -0.15) is 0 Å². The van der Waals surface area contributed by atoms with Gasteiger partial charge in [-0.25, -0.2) is 4.79 Å². The molecule has 0 spiro atoms. The van der Waals surface area contributed by atoms with Crippen molar-refractivity contribution in [3.05, 3.63) is 85.1 Å². The molecule has 230 valence electrons. The molecule has 0 aromatic heterocycles. The maximum absolute atomic E-state index is 12.8. The Kier molecular flexibility index (Phi) is 18.4. The standard InChI is InChI=1S/C35H51N3O4/c1-3-4-5-6-7-8-9-10-11-12-13-14-15-16-17-18-19-20-21-22-34(40)38-26-25-37-29-31(27-32(37)30-38)28-36-33(39)23-24-35(41)42-2/h4-5,7-8,10-11,13-14,16-17,19-20,23-24,31-32H,3,6,9,12,15,18,21-22,25-30H2,1-2H3,(H,36,39)/b5-4-,8-7-,11-10-,14-13-,17-16-,20-19-,24-23+. The second-order valence-electron chi connectivity index (χ2n) is 10.6. The van der Waals surface area contributed by atoms with Gasteiger partial charge in [0.15, 0.2) is 0 Å². The molecule has 42 heavy (non-hydrogen) atoms. The Morgan fingerprint density at radius 3 is 1.90 bits per heavy atom. The average molecular weight is 578 g/mol. The quantitative estimate of drug-likeness (QED) is 0.126. The van der Waals surface area contributed by atoms with Crippen molar-refractivity contribution in [1.82, 2.24) is 15.1 Å². The average Bonchev–Trinajstić information content (AvgIpc) is 3.42. The van der Waals surface area contributed by atoms with Gasteiger partial charge < -0.3 is 15.0 Å². The van der Waals surface area contributed by atoms with Gasteiger partial charge in [-0.15, -0.1) is 0 Å². The van der Waals surface area contributed by atoms with Crippen LogP contribution in [0, 0.1) is 5.92 Å². The van der Waals surface area contributed by atoms with E-state index in [2.05, 4.69) is 94.8 Å². The number of hydrogen-bond acceptors (Lipinski definition) is 5. The first-order valence-corrected chi connectivity index (χ1v) is 15.5. The predicted octanol–water partition coefficient (Wildman–Crippen LogP) is 5.84. The Morgan fingerprint density at radius 2 is 1.33 bits per heavy atom. The molecule has 2 atom stereocenters. The molecule has 2 amide bonds. The van der Waals surface area contributed by atoms with Gasteiger partial charge in [0.2, 0.25) is 11.8 Å². The van der Waals surface area contributed by atoms with E-state index >= 15 is 0 Å². The molecule has 0 aliphatic carbocycles. The molecule has 0 radical (unpaired) electrons. The molecule has 2 rings (SSSR count). The van der Waals surface area contributed by atoms with E-state index in [1.54, 1.807) is 0 Å². The molecule has 1 N–H and O–H groups in total. The smallest absolute Gasteiger partial charge is 0.330 e. The van der Waals surface area contributed by atoms with Crippen LogP contribution in [0.4, 0.5) is 0 Å². The normalized spacial score (nSPS) is 20.0. The van der Waals surface area contributed by atoms with Crippen LogP contribution in [-0.4, -0.2) is 73.5 Å². The van der Waals surface area contributed by atoms with Gasteiger partial charge in [0.25, 0.3) is 0 Å². The number of carbonyl (C=O) groups excluding carboxylic acids is 3. The molecule has 2 unspecified atom stereocenters. The first kappa shape index (κ1) is 34.7. The molecule has 0 saturated carbocycles. The zero-order valence-corrected chi connectivity index (χ0v) is 25.7. The van der Waals surface area contributed by atoms with Crippen LogP contribution in [0.2, 0.25) is 0 Å². The van der Waals surface area contributed by atoms with Crippen molar-refractivity contribution >= 4 is 17.8 Å². The van der Waals surface area contributed by atoms with Gasteiger partial charge in [-0.3, -0.25) is 14.5 Å². The SMILES string of the molecule is CC/C=C\C/C=C\C/C=C\C/C=C\C/C=C\C/C=C\CCC(=O)N1CCN2CC(CNC(=O)/C=C/C(=O)OC)CC2C1. The largest absolute Gasteiger partial charge is 0.466 e. The summed E-state index contributed by atoms with van der Waals surface area (Å²) in [5.41, 5.74) is 0. The summed E-state index contributed by atoms with van der Waals surface area (Å²) in [6, 6.07) is 0.348. The monoisotopic (exact) mass is 577 g/mol. The lowest BCUT2D eigenvalue weighted by Crippen LogP contribution is -2.52. The number of rotatable bonds is 18. The summed E-state index contributed by atoms with van der Waals surface area (Å²) in [4.78, 5) is 40.2. The summed E-state index contributed by atoms with van der Waals surface area (Å²) in [6.07, 6.45) is 36.7. The highest BCUT2D eigenvalue weighted by Gasteiger charge is 2.37. The number of piperazine rings is 1. The third-order valence-corrected chi connectivity index (χ3v) is 7.31. The van der Waals surface area contributed by atoms with E-state index in [1.807, 2.05) is 4.90 Å². The summed E-state index contributed by atoms with van der Waals surface area (Å²) < 4.78 is 4.50. The second kappa shape index (κ2) is 22.2. The van der Waals surface area contributed by atoms with Crippen molar-refractivity contribution in [2.75, 3.05) is 39.8 Å². The van der Waals surface area contributed by atoms with Crippen LogP contribution < -0.4 is 5.32 Å². The lowest BCUT2D eigenvalue weighted by atomic mass is 10.0. The third kappa shape index (κ3) is 15.5. The van der Waals surface area contributed by atoms with Crippen LogP contribution in [0.25, 0.3) is 0 Å². The Labute approximate surface area is 253 Å². The van der Waals surface area contributed by atoms with Crippen molar-refractivity contribution in [3.63, 3.8) is 0 Å². The molecule has 0 aromatic carbocycles. The van der Waals surface area contributed by atoms with Crippen LogP contribution in [0.5, 0.6) is 0 Å². The highest BCUT2D eigenvalue weighted by molar-refractivity contribution is 5.94. The number of hydrogen-bond donors (Lipinski definition) is 1. The van der Waals surface area contributed by atoms with E-state index in [-0.39, 0.29) is 11.8 Å². The van der Waals surface area contributed by atoms with Gasteiger partial charge in [-0.1, -0.05) is 79.8 Å². The highest BCUT2D eigenvalue weighted by atomic mass is 16.5. The number of allylic oxidation sites excluding steroid dienone is 12. The predicted molar refractivity (Wildman–Crippen MR) is 172 cm³/mol. The van der Waals surface area contributed by atoms with Crippen LogP contribution in [0.1, 0.15) is 64.7 Å². The molecule has 2 saturated heterocycles. The minimum Gasteiger partial charge on any atom is -0.466 e. The zero-order chi connectivity index (χ0) is 30.3. The van der Waals surface area contributed by atoms with E-state index in [1.165, 1.54) is 13.2 Å². The number of carbonyl (C=O) groups is 3. The molecule has 7 heteroatoms. The van der Waals surface area contributed by atoms with Crippen LogP contribution >= 0.6 is 0 Å². The second-order valence-corrected chi connectivity index (χ2v) is 10.6. The van der Waals surface area contributed by atoms with E-state index in [4.69, 9.17) is 0 Å². The number of ether oxygens (including phenoxy) is 1. The van der Waals surface area contributed by atoms with E-state index in [9.17, 15) is 14.4 Å². The molecule has 2 heterocycles. The number of fused-ring (bicyclic) bond motifs is 1. The first-order valence-electron chi connectivity index (χ1n) is 15.5. The number of nitrogens with zero attached hydrogens (tertiary/aromatic N) is 2. The third-order valence-electron chi connectivity index (χ3n) is 7.31. The Morgan fingerprint density at radius 1 is 0.762 bits per heavy atom. The van der Waals surface area contributed by atoms with Crippen molar-refractivity contribution in [3.8, 4) is 0 Å². The molecule has 2 fully saturated rings. The highest BCUT2D eigenvalue weighted by Crippen LogP contribution is 2.26. The minimum atomic E-state index is -0.547. The summed E-state index contributed by atoms with van der Waals surface area (Å²) in [5, 5.41) is 2.86. The van der Waals surface area contributed by atoms with Crippen LogP contribution in [-0.2, 0) is 19.1 Å². The van der Waals surface area contributed by atoms with E-state index in [0.29, 0.717) is 24.9 Å². The Balaban J connectivity index is 1.52. The van der Waals surface area contributed by atoms with Crippen molar-refractivity contribution < 1.29 is 19.1 Å². The molecule has 2 aliphatic rings. The summed E-state index contributed by atoms with van der Waals surface area (Å²) in [6.45, 7) is 6.04. The van der Waals surface area contributed by atoms with Crippen LogP contribution in [0.3, 0.4) is 0 Å². The lowest BCUT2D eigenvalue weighted by molar-refractivity contribution is -0.135. The molecule has 7 nitrogen and oxygen atoms in total. The van der Waals surface area contributed by atoms with E-state index < -0.39 is 5.97 Å². The summed E-state index contributed by atoms with van der Waals surface area (Å²) >= 11 is 0. The fraction of sp³-hybridized carbons (Fsp3) is 0.514. The van der Waals surface area contributed by atoms with Gasteiger partial charge in [-0.05, 0) is 57.3 Å². The number of nitrogens with one attached hydrogen (secondary N) is 1. The minimum absolute atomic E-state index is 0.221. The number of esters is 1. The fourth-order valence-electron chi connectivity index (χ4n) is 5.04. The van der Waals surface area contributed by atoms with Gasteiger partial charge >= 0.3 is 5.97 Å². The van der Waals surface area contributed by atoms with Gasteiger partial charge in [0, 0.05) is 57.3 Å². The topological polar surface area (TPSA) is 79.0 Å². The fourth-order valence-corrected chi connectivity index (χ4v) is 5.04. The molecule has 0 bridgehead atoms. The molecular formula is C35H51N3O4. The van der Waals surface area contributed by atoms with Crippen molar-refractivity contribution in [2.24, 2.45) is 5.92 Å². The molecular weight excluding hydrogens is 526 g/mol. The number of methoxy groups -OCH3 is 1. The Bertz CT molecular complexity index is 1020. The number of amides is 2. The zero-order valence-electron chi connectivity index (χ0n) is 25.7. The van der Waals surface area contributed by atoms with E-state index in [0.717, 1.165) is 83.6 Å². The maximum atomic E-state index is 12.8. The summed E-state index contributed by atoms with van der Waals surface area (Å²) in [5.74, 6) is -0.275. The van der Waals surface area contributed by atoms with Crippen molar-refractivity contribution in [2.45, 2.75) is 70.8 Å². The first-order chi connectivity index (χ1) is 20.5. The summed E-state index contributed by atoms with van der Waals surface area (Å²) in [7, 11) is 1.28. The van der Waals surface area contributed by atoms with Crippen molar-refractivity contribution in [1.29, 1.82) is 0 Å². The van der Waals surface area contributed by atoms with Gasteiger partial charge in [0.05, 0.1) is 7.11 Å². The van der Waals surface area contributed by atoms with Crippen LogP contribution in [0.15, 0.2) is 85.1 Å². The lowest BCUT2D eigenvalue weighted by Gasteiger charge is -2.37. The molecule has 0 aromatic rings.